The van der Waals surface area contributed by atoms with Crippen LogP contribution in [0.15, 0.2) is 28.3 Å². The second-order valence-electron chi connectivity index (χ2n) is 6.70. The van der Waals surface area contributed by atoms with Gasteiger partial charge in [0.15, 0.2) is 6.61 Å². The molecule has 0 radical (unpaired) electrons. The zero-order valence-corrected chi connectivity index (χ0v) is 16.7. The van der Waals surface area contributed by atoms with Crippen molar-refractivity contribution in [3.8, 4) is 0 Å². The molecule has 154 valence electrons. The number of amides is 1. The number of esters is 2. The monoisotopic (exact) mass is 413 g/mol. The molecule has 10 nitrogen and oxygen atoms in total. The van der Waals surface area contributed by atoms with Crippen LogP contribution in [0.25, 0.3) is 0 Å². The van der Waals surface area contributed by atoms with Crippen molar-refractivity contribution < 1.29 is 32.3 Å². The molecule has 0 saturated heterocycles. The van der Waals surface area contributed by atoms with Crippen molar-refractivity contribution >= 4 is 33.7 Å². The van der Waals surface area contributed by atoms with Gasteiger partial charge in [0.25, 0.3) is 15.9 Å². The van der Waals surface area contributed by atoms with Gasteiger partial charge in [-0.3, -0.25) is 4.79 Å². The first-order valence-corrected chi connectivity index (χ1v) is 10.3. The van der Waals surface area contributed by atoms with E-state index in [9.17, 15) is 22.8 Å². The number of ether oxygens (including phenoxy) is 2. The Morgan fingerprint density at radius 2 is 2.00 bits per heavy atom. The highest BCUT2D eigenvalue weighted by molar-refractivity contribution is 7.90. The number of nitrogens with zero attached hydrogens (tertiary/aromatic N) is 2. The molecule has 28 heavy (non-hydrogen) atoms. The largest absolute Gasteiger partial charge is 0.467 e. The van der Waals surface area contributed by atoms with Gasteiger partial charge in [0, 0.05) is 12.7 Å². The van der Waals surface area contributed by atoms with E-state index < -0.39 is 40.5 Å². The highest BCUT2D eigenvalue weighted by Gasteiger charge is 2.26. The molecule has 0 spiro atoms. The van der Waals surface area contributed by atoms with Crippen LogP contribution in [-0.2, 0) is 33.9 Å². The maximum Gasteiger partial charge on any atom is 0.340 e. The maximum absolute atomic E-state index is 12.2. The van der Waals surface area contributed by atoms with Crippen LogP contribution in [-0.4, -0.2) is 69.1 Å². The second kappa shape index (κ2) is 9.00. The molecule has 0 aromatic heterocycles. The third-order valence-corrected chi connectivity index (χ3v) is 5.09. The Hall–Kier alpha value is -2.69. The van der Waals surface area contributed by atoms with Crippen molar-refractivity contribution in [1.82, 2.24) is 10.2 Å². The minimum Gasteiger partial charge on any atom is -0.467 e. The molecule has 1 unspecified atom stereocenters. The van der Waals surface area contributed by atoms with E-state index in [2.05, 4.69) is 14.5 Å². The minimum atomic E-state index is -3.48. The zero-order chi connectivity index (χ0) is 20.9. The number of nitrogens with one attached hydrogen (secondary N) is 1. The molecule has 1 atom stereocenters. The molecule has 2 rings (SSSR count). The first-order chi connectivity index (χ1) is 13.1. The number of carbonyl (C=O) groups excluding carboxylic acids is 3. The lowest BCUT2D eigenvalue weighted by atomic mass is 10.0. The van der Waals surface area contributed by atoms with Crippen molar-refractivity contribution in [2.45, 2.75) is 26.3 Å². The number of sulfonamides is 1. The van der Waals surface area contributed by atoms with Crippen LogP contribution in [0.3, 0.4) is 0 Å². The predicted octanol–water partition coefficient (Wildman–Crippen LogP) is -0.269. The summed E-state index contributed by atoms with van der Waals surface area (Å²) in [6.07, 6.45) is 4.57. The van der Waals surface area contributed by atoms with Crippen LogP contribution in [0.4, 0.5) is 0 Å². The summed E-state index contributed by atoms with van der Waals surface area (Å²) in [5, 5.41) is 2.49. The average Bonchev–Trinajstić information content (AvgIpc) is 2.63. The van der Waals surface area contributed by atoms with Crippen LogP contribution in [0.2, 0.25) is 0 Å². The molecule has 0 aromatic carbocycles. The summed E-state index contributed by atoms with van der Waals surface area (Å²) in [4.78, 5) is 37.4. The van der Waals surface area contributed by atoms with Gasteiger partial charge >= 0.3 is 11.9 Å². The highest BCUT2D eigenvalue weighted by Crippen LogP contribution is 2.16. The Kier molecular flexibility index (Phi) is 6.95. The van der Waals surface area contributed by atoms with Crippen molar-refractivity contribution in [2.24, 2.45) is 10.3 Å². The average molecular weight is 413 g/mol. The summed E-state index contributed by atoms with van der Waals surface area (Å²) < 4.78 is 36.2. The van der Waals surface area contributed by atoms with Gasteiger partial charge in [-0.1, -0.05) is 13.8 Å². The molecule has 0 aromatic rings. The standard InChI is InChI=1S/C17H23N3O7S/c1-11(2)8-13(17(23)26-3)18-15(21)10-27-16(22)12-4-5-14-19-28(24,25)7-6-20(14)9-12/h4-5,9,11,13H,6-8,10H2,1-3H3,(H,18,21). The molecule has 2 heterocycles. The number of hydrogen-bond acceptors (Lipinski definition) is 8. The van der Waals surface area contributed by atoms with Gasteiger partial charge in [0.1, 0.15) is 11.9 Å². The summed E-state index contributed by atoms with van der Waals surface area (Å²) >= 11 is 0. The van der Waals surface area contributed by atoms with Crippen molar-refractivity contribution in [1.29, 1.82) is 0 Å². The molecule has 1 N–H and O–H groups in total. The maximum atomic E-state index is 12.2. The highest BCUT2D eigenvalue weighted by atomic mass is 32.2. The lowest BCUT2D eigenvalue weighted by molar-refractivity contribution is -0.148. The zero-order valence-electron chi connectivity index (χ0n) is 15.9. The molecule has 0 saturated carbocycles. The molecular formula is C17H23N3O7S. The van der Waals surface area contributed by atoms with Crippen molar-refractivity contribution in [2.75, 3.05) is 26.0 Å². The number of fused-ring (bicyclic) bond motifs is 1. The SMILES string of the molecule is COC(=O)C(CC(C)C)NC(=O)COC(=O)C1=CN2CCS(=O)(=O)N=C2C=C1. The molecule has 0 fully saturated rings. The van der Waals surface area contributed by atoms with Gasteiger partial charge < -0.3 is 19.7 Å². The van der Waals surface area contributed by atoms with E-state index in [4.69, 9.17) is 4.74 Å². The third-order valence-electron chi connectivity index (χ3n) is 3.92. The lowest BCUT2D eigenvalue weighted by Crippen LogP contribution is -2.44. The Morgan fingerprint density at radius 3 is 2.64 bits per heavy atom. The normalized spacial score (nSPS) is 18.5. The van der Waals surface area contributed by atoms with Crippen molar-refractivity contribution in [3.05, 3.63) is 23.9 Å². The molecule has 0 aliphatic carbocycles. The van der Waals surface area contributed by atoms with Crippen LogP contribution in [0, 0.1) is 5.92 Å². The fourth-order valence-corrected chi connectivity index (χ4v) is 3.57. The second-order valence-corrected chi connectivity index (χ2v) is 8.45. The molecule has 2 aliphatic heterocycles. The van der Waals surface area contributed by atoms with E-state index in [1.54, 1.807) is 0 Å². The van der Waals surface area contributed by atoms with E-state index in [0.717, 1.165) is 0 Å². The summed E-state index contributed by atoms with van der Waals surface area (Å²) in [7, 11) is -2.25. The summed E-state index contributed by atoms with van der Waals surface area (Å²) in [6, 6.07) is -0.820. The topological polar surface area (TPSA) is 131 Å². The Morgan fingerprint density at radius 1 is 1.29 bits per heavy atom. The lowest BCUT2D eigenvalue weighted by Gasteiger charge is -2.26. The van der Waals surface area contributed by atoms with E-state index in [1.807, 2.05) is 13.8 Å². The van der Waals surface area contributed by atoms with Crippen LogP contribution in [0.1, 0.15) is 20.3 Å². The van der Waals surface area contributed by atoms with Gasteiger partial charge in [0.2, 0.25) is 0 Å². The fraction of sp³-hybridized carbons (Fsp3) is 0.529. The molecule has 2 aliphatic rings. The van der Waals surface area contributed by atoms with E-state index >= 15 is 0 Å². The van der Waals surface area contributed by atoms with Crippen LogP contribution in [0.5, 0.6) is 0 Å². The van der Waals surface area contributed by atoms with Crippen LogP contribution >= 0.6 is 0 Å². The summed E-state index contributed by atoms with van der Waals surface area (Å²) in [5.41, 5.74) is 0.151. The molecular weight excluding hydrogens is 390 g/mol. The summed E-state index contributed by atoms with van der Waals surface area (Å²) in [5.74, 6) is -1.74. The Balaban J connectivity index is 1.92. The number of amidine groups is 1. The molecule has 11 heteroatoms. The van der Waals surface area contributed by atoms with Crippen molar-refractivity contribution in [3.63, 3.8) is 0 Å². The van der Waals surface area contributed by atoms with Crippen LogP contribution < -0.4 is 5.32 Å². The number of hydrogen-bond donors (Lipinski definition) is 1. The van der Waals surface area contributed by atoms with Gasteiger partial charge in [-0.2, -0.15) is 0 Å². The number of methoxy groups -OCH3 is 1. The van der Waals surface area contributed by atoms with Gasteiger partial charge in [-0.05, 0) is 24.5 Å². The van der Waals surface area contributed by atoms with Gasteiger partial charge in [-0.25, -0.2) is 18.0 Å². The van der Waals surface area contributed by atoms with Gasteiger partial charge in [-0.15, -0.1) is 4.40 Å². The number of rotatable bonds is 7. The fourth-order valence-electron chi connectivity index (χ4n) is 2.60. The number of carbonyl (C=O) groups is 3. The first kappa shape index (κ1) is 21.6. The molecule has 1 amide bonds. The third kappa shape index (κ3) is 5.91. The van der Waals surface area contributed by atoms with Gasteiger partial charge in [0.05, 0.1) is 18.4 Å². The Labute approximate surface area is 163 Å². The Bertz CT molecular complexity index is 843. The first-order valence-electron chi connectivity index (χ1n) is 8.65. The quantitative estimate of drug-likeness (QED) is 0.564. The summed E-state index contributed by atoms with van der Waals surface area (Å²) in [6.45, 7) is 3.39. The van der Waals surface area contributed by atoms with E-state index in [1.165, 1.54) is 30.4 Å². The minimum absolute atomic E-state index is 0.147. The van der Waals surface area contributed by atoms with E-state index in [-0.39, 0.29) is 29.6 Å². The smallest absolute Gasteiger partial charge is 0.340 e. The van der Waals surface area contributed by atoms with E-state index in [0.29, 0.717) is 6.42 Å². The predicted molar refractivity (Wildman–Crippen MR) is 99.5 cm³/mol. The molecule has 0 bridgehead atoms.